The number of ketones is 2. The van der Waals surface area contributed by atoms with Crippen molar-refractivity contribution in [2.75, 3.05) is 29.7 Å². The van der Waals surface area contributed by atoms with Gasteiger partial charge in [0.15, 0.2) is 11.6 Å². The number of nitrogens with zero attached hydrogens (tertiary/aromatic N) is 2. The largest absolute Gasteiger partial charge is 0.495 e. The number of nitriles is 2. The number of aromatic carboxylic acids is 7. The van der Waals surface area contributed by atoms with Crippen LogP contribution < -0.4 is 25.4 Å². The second-order valence-corrected chi connectivity index (χ2v) is 26.6. The topological polar surface area (TPSA) is 449 Å². The maximum Gasteiger partial charge on any atom is 0.337 e. The minimum absolute atomic E-state index is 0.0187. The Hall–Kier alpha value is -15.2. The Labute approximate surface area is 686 Å². The molecule has 612 valence electrons. The van der Waals surface area contributed by atoms with E-state index in [1.54, 1.807) is 103 Å². The number of carbonyl (C=O) groups is 12. The predicted molar refractivity (Wildman–Crippen MR) is 445 cm³/mol. The molecule has 0 aliphatic heterocycles. The Bertz CT molecular complexity index is 5340. The zero-order valence-corrected chi connectivity index (χ0v) is 66.1. The third-order valence-electron chi connectivity index (χ3n) is 18.1. The number of ether oxygens (including phenoxy) is 2. The van der Waals surface area contributed by atoms with Gasteiger partial charge in [-0.25, -0.2) is 33.6 Å². The van der Waals surface area contributed by atoms with Gasteiger partial charge in [-0.15, -0.1) is 0 Å². The van der Waals surface area contributed by atoms with E-state index in [1.807, 2.05) is 45.0 Å². The molecule has 3 amide bonds. The molecular weight excluding hydrogens is 1520 g/mol. The molecule has 0 aliphatic carbocycles. The highest BCUT2D eigenvalue weighted by atomic mass is 16.5. The highest BCUT2D eigenvalue weighted by molar-refractivity contribution is 6.14. The number of unbranched alkanes of at least 4 members (excludes halogenated alkanes) is 3. The number of carbonyl (C=O) groups excluding carboxylic acids is 5. The van der Waals surface area contributed by atoms with Crippen LogP contribution in [0, 0.1) is 29.6 Å². The van der Waals surface area contributed by atoms with Crippen molar-refractivity contribution >= 4 is 88.1 Å². The SMILES string of the molecule is CCCCc1ccc(CC(=O)c2ccccc2C(=O)O)c(C(=O)O)c1.CCCCc1ccc(CC(=O)c2ccccc2C(=O)O)c(C)c1.CCCCc1ccc(NC(=O)c2ccccc2C(=O)O)c(C(=O)O)c1.CCCOc1ccc(NC(=O)c2ccccc2C(=O)O)cc1C#N.COc1ccc(NC(=O)c2ccccc2C(=O)O)cc1C#N. The first-order valence-electron chi connectivity index (χ1n) is 37.7. The molecule has 10 rings (SSSR count). The fraction of sp³-hybridized carbons (Fsp3) is 0.204. The lowest BCUT2D eigenvalue weighted by Crippen LogP contribution is -2.18. The number of rotatable bonds is 32. The minimum atomic E-state index is -1.22. The van der Waals surface area contributed by atoms with Crippen molar-refractivity contribution in [3.63, 3.8) is 0 Å². The predicted octanol–water partition coefficient (Wildman–Crippen LogP) is 17.8. The van der Waals surface area contributed by atoms with Gasteiger partial charge < -0.3 is 61.2 Å². The van der Waals surface area contributed by atoms with Gasteiger partial charge in [-0.1, -0.05) is 156 Å². The third kappa shape index (κ3) is 27.5. The van der Waals surface area contributed by atoms with Crippen molar-refractivity contribution in [3.05, 3.63) is 324 Å². The summed E-state index contributed by atoms with van der Waals surface area (Å²) >= 11 is 0. The number of nitrogens with one attached hydrogen (secondary N) is 3. The summed E-state index contributed by atoms with van der Waals surface area (Å²) in [5.41, 5.74) is 7.15. The monoisotopic (exact) mass is 1610 g/mol. The molecule has 119 heavy (non-hydrogen) atoms. The van der Waals surface area contributed by atoms with E-state index >= 15 is 0 Å². The summed E-state index contributed by atoms with van der Waals surface area (Å²) < 4.78 is 10.5. The van der Waals surface area contributed by atoms with Gasteiger partial charge >= 0.3 is 41.8 Å². The quantitative estimate of drug-likeness (QED) is 0.0175. The number of hydrogen-bond acceptors (Lipinski definition) is 16. The van der Waals surface area contributed by atoms with Crippen molar-refractivity contribution in [2.45, 2.75) is 112 Å². The van der Waals surface area contributed by atoms with Crippen LogP contribution in [0.25, 0.3) is 0 Å². The van der Waals surface area contributed by atoms with Gasteiger partial charge in [0.25, 0.3) is 17.7 Å². The summed E-state index contributed by atoms with van der Waals surface area (Å²) in [7, 11) is 1.44. The molecule has 0 radical (unpaired) electrons. The Morgan fingerprint density at radius 2 is 0.655 bits per heavy atom. The van der Waals surface area contributed by atoms with Crippen LogP contribution in [-0.4, -0.2) is 121 Å². The van der Waals surface area contributed by atoms with Crippen LogP contribution in [0.15, 0.2) is 212 Å². The number of methoxy groups -OCH3 is 1. The molecular formula is C93H89N5O21. The number of aryl methyl sites for hydroxylation is 4. The van der Waals surface area contributed by atoms with Crippen LogP contribution in [-0.2, 0) is 32.1 Å². The van der Waals surface area contributed by atoms with Gasteiger partial charge in [0.05, 0.1) is 86.2 Å². The number of hydrogen-bond donors (Lipinski definition) is 10. The second kappa shape index (κ2) is 46.9. The molecule has 0 heterocycles. The van der Waals surface area contributed by atoms with Crippen molar-refractivity contribution in [1.82, 2.24) is 0 Å². The van der Waals surface area contributed by atoms with Crippen LogP contribution in [0.5, 0.6) is 11.5 Å². The third-order valence-corrected chi connectivity index (χ3v) is 18.1. The van der Waals surface area contributed by atoms with Crippen molar-refractivity contribution in [1.29, 1.82) is 10.5 Å². The van der Waals surface area contributed by atoms with Crippen molar-refractivity contribution in [2.24, 2.45) is 0 Å². The highest BCUT2D eigenvalue weighted by Gasteiger charge is 2.24. The molecule has 26 nitrogen and oxygen atoms in total. The molecule has 10 N–H and O–H groups in total. The first kappa shape index (κ1) is 92.7. The molecule has 0 spiro atoms. The number of amides is 3. The fourth-order valence-corrected chi connectivity index (χ4v) is 11.9. The van der Waals surface area contributed by atoms with E-state index in [9.17, 15) is 83.2 Å². The second-order valence-electron chi connectivity index (χ2n) is 26.6. The number of Topliss-reactive ketones (excluding diaryl/α,β-unsaturated/α-hetero) is 2. The molecule has 0 aliphatic rings. The summed E-state index contributed by atoms with van der Waals surface area (Å²) in [6, 6.07) is 59.3. The lowest BCUT2D eigenvalue weighted by Gasteiger charge is -2.11. The number of carboxylic acids is 7. The van der Waals surface area contributed by atoms with Gasteiger partial charge in [0.1, 0.15) is 23.6 Å². The molecule has 0 fully saturated rings. The zero-order chi connectivity index (χ0) is 87.3. The summed E-state index contributed by atoms with van der Waals surface area (Å²) in [6.45, 7) is 10.7. The van der Waals surface area contributed by atoms with Gasteiger partial charge in [-0.05, 0) is 188 Å². The minimum Gasteiger partial charge on any atom is -0.495 e. The normalized spacial score (nSPS) is 10.2. The number of benzene rings is 10. The van der Waals surface area contributed by atoms with Gasteiger partial charge in [-0.2, -0.15) is 10.5 Å². The average molecular weight is 1610 g/mol. The molecule has 0 unspecified atom stereocenters. The summed E-state index contributed by atoms with van der Waals surface area (Å²) in [5, 5.41) is 90.5. The van der Waals surface area contributed by atoms with Crippen molar-refractivity contribution < 1.29 is 103 Å². The summed E-state index contributed by atoms with van der Waals surface area (Å²) in [6.07, 6.45) is 9.70. The standard InChI is InChI=1S/C20H20O5.C20H22O3.C19H19NO5.C18H16N2O4.C16H12N2O4/c1-2-3-6-13-9-10-14(17(11-13)20(24)25)12-18(21)15-7-4-5-8-16(15)19(22)23;1-3-4-7-15-10-11-16(14(2)12-15)13-19(21)17-8-5-6-9-18(17)20(22)23;1-2-3-6-12-9-10-16(15(11-12)19(24)25)20-17(21)13-7-4-5-8-14(13)18(22)23;1-2-9-24-16-8-7-13(10-12(16)11-19)20-17(21)14-5-3-4-6-15(14)18(22)23;1-22-14-7-6-11(8-10(14)9-17)18-15(19)12-4-2-3-5-13(12)16(20)21/h4-5,7-11H,2-3,6,12H2,1H3,(H,22,23)(H,24,25);5-6,8-12H,3-4,7,13H2,1-2H3,(H,22,23);4-5,7-11H,2-3,6H2,1H3,(H,20,21)(H,22,23)(H,24,25);3-8,10H,2,9H2,1H3,(H,20,21)(H,22,23);2-8H,1H3,(H,18,19)(H,20,21). The first-order valence-corrected chi connectivity index (χ1v) is 37.7. The van der Waals surface area contributed by atoms with Gasteiger partial charge in [0.2, 0.25) is 0 Å². The van der Waals surface area contributed by atoms with Crippen LogP contribution >= 0.6 is 0 Å². The van der Waals surface area contributed by atoms with Gasteiger partial charge in [-0.3, -0.25) is 24.0 Å². The first-order chi connectivity index (χ1) is 57.0. The van der Waals surface area contributed by atoms with Crippen LogP contribution in [0.4, 0.5) is 17.1 Å². The lowest BCUT2D eigenvalue weighted by atomic mass is 9.94. The van der Waals surface area contributed by atoms with E-state index in [0.717, 1.165) is 86.5 Å². The summed E-state index contributed by atoms with van der Waals surface area (Å²) in [4.78, 5) is 141. The van der Waals surface area contributed by atoms with E-state index in [2.05, 4.69) is 41.9 Å². The van der Waals surface area contributed by atoms with E-state index in [1.165, 1.54) is 97.6 Å². The molecule has 0 saturated carbocycles. The summed E-state index contributed by atoms with van der Waals surface area (Å²) in [5.74, 6) is -9.60. The molecule has 10 aromatic rings. The number of carboxylic acid groups (broad SMARTS) is 7. The van der Waals surface area contributed by atoms with Crippen LogP contribution in [0.3, 0.4) is 0 Å². The smallest absolute Gasteiger partial charge is 0.337 e. The lowest BCUT2D eigenvalue weighted by molar-refractivity contribution is 0.0682. The molecule has 0 bridgehead atoms. The Morgan fingerprint density at radius 3 is 1.02 bits per heavy atom. The van der Waals surface area contributed by atoms with Crippen molar-refractivity contribution in [3.8, 4) is 23.6 Å². The molecule has 26 heteroatoms. The molecule has 0 atom stereocenters. The Morgan fingerprint density at radius 1 is 0.336 bits per heavy atom. The van der Waals surface area contributed by atoms with E-state index < -0.39 is 65.3 Å². The highest BCUT2D eigenvalue weighted by Crippen LogP contribution is 2.28. The average Bonchev–Trinajstić information content (AvgIpc) is 0.463. The molecule has 10 aromatic carbocycles. The maximum absolute atomic E-state index is 12.5. The zero-order valence-electron chi connectivity index (χ0n) is 66.1. The van der Waals surface area contributed by atoms with Gasteiger partial charge in [0, 0.05) is 35.3 Å². The Kier molecular flexibility index (Phi) is 36.5. The van der Waals surface area contributed by atoms with Crippen LogP contribution in [0.1, 0.15) is 241 Å². The van der Waals surface area contributed by atoms with E-state index in [-0.39, 0.29) is 96.6 Å². The maximum atomic E-state index is 12.5. The van der Waals surface area contributed by atoms with Crippen LogP contribution in [0.2, 0.25) is 0 Å². The molecule has 0 saturated heterocycles. The number of anilines is 3. The Balaban J connectivity index is 0.000000231. The fourth-order valence-electron chi connectivity index (χ4n) is 11.9. The van der Waals surface area contributed by atoms with E-state index in [4.69, 9.17) is 30.1 Å². The van der Waals surface area contributed by atoms with E-state index in [0.29, 0.717) is 40.6 Å². The molecule has 0 aromatic heterocycles.